The second-order valence-corrected chi connectivity index (χ2v) is 13.1. The Hall–Kier alpha value is -2.41. The maximum atomic E-state index is 13.3. The Balaban J connectivity index is 1.24. The summed E-state index contributed by atoms with van der Waals surface area (Å²) in [4.78, 5) is 13.3. The third-order valence-corrected chi connectivity index (χ3v) is 11.6. The third-order valence-electron chi connectivity index (χ3n) is 11.6. The van der Waals surface area contributed by atoms with Gasteiger partial charge in [-0.25, -0.2) is 0 Å². The van der Waals surface area contributed by atoms with E-state index in [9.17, 15) is 4.79 Å². The molecule has 0 aliphatic heterocycles. The molecule has 4 aliphatic carbocycles. The molecule has 6 rings (SSSR count). The number of hydrogen-bond donors (Lipinski definition) is 0. The minimum absolute atomic E-state index is 0.158. The van der Waals surface area contributed by atoms with Gasteiger partial charge in [0.15, 0.2) is 0 Å². The van der Waals surface area contributed by atoms with E-state index in [0.29, 0.717) is 23.0 Å². The molecule has 0 saturated heterocycles. The Morgan fingerprint density at radius 2 is 1.57 bits per heavy atom. The summed E-state index contributed by atoms with van der Waals surface area (Å²) in [5.74, 6) is 4.09. The molecule has 2 aromatic rings. The van der Waals surface area contributed by atoms with Gasteiger partial charge in [-0.2, -0.15) is 0 Å². The highest BCUT2D eigenvalue weighted by atomic mass is 16.1. The molecule has 0 spiro atoms. The maximum Gasteiger partial charge on any atom is 0.143 e. The van der Waals surface area contributed by atoms with Crippen LogP contribution in [-0.4, -0.2) is 5.78 Å². The first-order chi connectivity index (χ1) is 17.9. The topological polar surface area (TPSA) is 17.1 Å². The van der Waals surface area contributed by atoms with Crippen molar-refractivity contribution in [2.45, 2.75) is 78.6 Å². The van der Waals surface area contributed by atoms with Crippen molar-refractivity contribution in [3.63, 3.8) is 0 Å². The van der Waals surface area contributed by atoms with E-state index < -0.39 is 0 Å². The van der Waals surface area contributed by atoms with Crippen LogP contribution in [0.15, 0.2) is 78.4 Å². The molecule has 0 unspecified atom stereocenters. The summed E-state index contributed by atoms with van der Waals surface area (Å²) in [6.45, 7) is 7.48. The zero-order chi connectivity index (χ0) is 25.6. The Morgan fingerprint density at radius 3 is 2.24 bits per heavy atom. The monoisotopic (exact) mass is 492 g/mol. The highest BCUT2D eigenvalue weighted by Gasteiger charge is 2.60. The lowest BCUT2D eigenvalue weighted by Crippen LogP contribution is -2.53. The predicted octanol–water partition coefficient (Wildman–Crippen LogP) is 9.29. The SMILES string of the molecule is C[C@@H](CC=C(c1ccccc1)c1ccccc1)[C@H]1CC[C@H]2[C@H]3CCC4=CCCC(=O)[C@@]4(C)[C@@H]3CC[C@]12C. The van der Waals surface area contributed by atoms with Gasteiger partial charge >= 0.3 is 0 Å². The van der Waals surface area contributed by atoms with Crippen LogP contribution < -0.4 is 0 Å². The van der Waals surface area contributed by atoms with E-state index in [0.717, 1.165) is 43.4 Å². The lowest BCUT2D eigenvalue weighted by Gasteiger charge is -2.58. The van der Waals surface area contributed by atoms with Crippen LogP contribution in [0.1, 0.15) is 89.7 Å². The number of fused-ring (bicyclic) bond motifs is 5. The van der Waals surface area contributed by atoms with E-state index in [2.05, 4.69) is 93.6 Å². The fourth-order valence-corrected chi connectivity index (χ4v) is 9.65. The predicted molar refractivity (Wildman–Crippen MR) is 154 cm³/mol. The normalized spacial score (nSPS) is 35.5. The van der Waals surface area contributed by atoms with Crippen LogP contribution in [0, 0.1) is 40.4 Å². The van der Waals surface area contributed by atoms with Gasteiger partial charge in [-0.05, 0) is 110 Å². The van der Waals surface area contributed by atoms with Crippen molar-refractivity contribution in [2.75, 3.05) is 0 Å². The number of Topliss-reactive ketones (excluding diaryl/α,β-unsaturated/α-hetero) is 1. The van der Waals surface area contributed by atoms with Crippen molar-refractivity contribution in [1.82, 2.24) is 0 Å². The van der Waals surface area contributed by atoms with Gasteiger partial charge in [0.1, 0.15) is 5.78 Å². The van der Waals surface area contributed by atoms with Crippen LogP contribution in [0.25, 0.3) is 5.57 Å². The zero-order valence-corrected chi connectivity index (χ0v) is 23.1. The molecule has 2 aromatic carbocycles. The summed E-state index contributed by atoms with van der Waals surface area (Å²) >= 11 is 0. The number of hydrogen-bond acceptors (Lipinski definition) is 1. The third kappa shape index (κ3) is 4.08. The Bertz CT molecular complexity index is 1150. The molecule has 0 bridgehead atoms. The number of carbonyl (C=O) groups excluding carboxylic acids is 1. The average molecular weight is 493 g/mol. The molecule has 0 amide bonds. The molecule has 1 heteroatoms. The maximum absolute atomic E-state index is 13.3. The lowest BCUT2D eigenvalue weighted by molar-refractivity contribution is -0.137. The summed E-state index contributed by atoms with van der Waals surface area (Å²) in [5.41, 5.74) is 5.75. The number of rotatable bonds is 5. The first-order valence-electron chi connectivity index (χ1n) is 15.0. The van der Waals surface area contributed by atoms with Crippen LogP contribution in [0.3, 0.4) is 0 Å². The van der Waals surface area contributed by atoms with Crippen LogP contribution in [0.2, 0.25) is 0 Å². The van der Waals surface area contributed by atoms with Gasteiger partial charge in [0.25, 0.3) is 0 Å². The highest BCUT2D eigenvalue weighted by molar-refractivity contribution is 5.89. The quantitative estimate of drug-likeness (QED) is 0.380. The molecule has 37 heavy (non-hydrogen) atoms. The van der Waals surface area contributed by atoms with E-state index in [1.54, 1.807) is 0 Å². The molecule has 0 N–H and O–H groups in total. The van der Waals surface area contributed by atoms with E-state index in [1.165, 1.54) is 54.4 Å². The molecular weight excluding hydrogens is 448 g/mol. The summed E-state index contributed by atoms with van der Waals surface area (Å²) in [5, 5.41) is 0. The number of allylic oxidation sites excluding steroid dienone is 3. The first-order valence-corrected chi connectivity index (χ1v) is 15.0. The molecule has 3 saturated carbocycles. The molecule has 4 aliphatic rings. The van der Waals surface area contributed by atoms with E-state index in [1.807, 2.05) is 0 Å². The van der Waals surface area contributed by atoms with Gasteiger partial charge < -0.3 is 0 Å². The van der Waals surface area contributed by atoms with Gasteiger partial charge in [-0.15, -0.1) is 0 Å². The fraction of sp³-hybridized carbons (Fsp3) is 0.528. The smallest absolute Gasteiger partial charge is 0.143 e. The van der Waals surface area contributed by atoms with Gasteiger partial charge in [0.2, 0.25) is 0 Å². The molecule has 3 fully saturated rings. The zero-order valence-electron chi connectivity index (χ0n) is 23.1. The standard InChI is InChI=1S/C36H44O/c1-25(17-19-29(26-11-6-4-7-12-26)27-13-8-5-9-14-27)31-21-22-32-30-20-18-28-15-10-16-34(37)36(28,3)33(30)23-24-35(31,32)2/h4-9,11-15,19,25,30-33H,10,16-18,20-24H2,1-3H3/t25-,30+,31+,32-,33+,35+,36+/m0/s1. The van der Waals surface area contributed by atoms with Crippen molar-refractivity contribution in [3.05, 3.63) is 89.5 Å². The van der Waals surface area contributed by atoms with Crippen molar-refractivity contribution < 1.29 is 4.79 Å². The number of carbonyl (C=O) groups is 1. The van der Waals surface area contributed by atoms with E-state index >= 15 is 0 Å². The Morgan fingerprint density at radius 1 is 0.892 bits per heavy atom. The minimum Gasteiger partial charge on any atom is -0.299 e. The summed E-state index contributed by atoms with van der Waals surface area (Å²) in [6, 6.07) is 21.8. The van der Waals surface area contributed by atoms with E-state index in [-0.39, 0.29) is 5.41 Å². The molecular formula is C36H44O. The largest absolute Gasteiger partial charge is 0.299 e. The molecule has 1 nitrogen and oxygen atoms in total. The average Bonchev–Trinajstić information content (AvgIpc) is 3.28. The molecule has 7 atom stereocenters. The highest BCUT2D eigenvalue weighted by Crippen LogP contribution is 2.67. The lowest BCUT2D eigenvalue weighted by atomic mass is 9.46. The van der Waals surface area contributed by atoms with Crippen LogP contribution in [0.5, 0.6) is 0 Å². The Kier molecular flexibility index (Phi) is 6.54. The van der Waals surface area contributed by atoms with Crippen molar-refractivity contribution >= 4 is 11.4 Å². The first kappa shape index (κ1) is 24.9. The van der Waals surface area contributed by atoms with Crippen molar-refractivity contribution in [1.29, 1.82) is 0 Å². The minimum atomic E-state index is -0.158. The number of ketones is 1. The van der Waals surface area contributed by atoms with Crippen LogP contribution >= 0.6 is 0 Å². The summed E-state index contributed by atoms with van der Waals surface area (Å²) < 4.78 is 0. The molecule has 0 aromatic heterocycles. The molecule has 0 heterocycles. The van der Waals surface area contributed by atoms with Crippen molar-refractivity contribution in [2.24, 2.45) is 40.4 Å². The van der Waals surface area contributed by atoms with Crippen LogP contribution in [0.4, 0.5) is 0 Å². The Labute approximate surface area is 224 Å². The van der Waals surface area contributed by atoms with Crippen LogP contribution in [-0.2, 0) is 4.79 Å². The van der Waals surface area contributed by atoms with Crippen molar-refractivity contribution in [3.8, 4) is 0 Å². The second-order valence-electron chi connectivity index (χ2n) is 13.1. The van der Waals surface area contributed by atoms with Gasteiger partial charge in [0, 0.05) is 6.42 Å². The van der Waals surface area contributed by atoms with E-state index in [4.69, 9.17) is 0 Å². The van der Waals surface area contributed by atoms with Gasteiger partial charge in [-0.1, -0.05) is 92.2 Å². The van der Waals surface area contributed by atoms with Gasteiger partial charge in [0.05, 0.1) is 5.41 Å². The van der Waals surface area contributed by atoms with Gasteiger partial charge in [-0.3, -0.25) is 4.79 Å². The number of benzene rings is 2. The molecule has 194 valence electrons. The fourth-order valence-electron chi connectivity index (χ4n) is 9.65. The summed E-state index contributed by atoms with van der Waals surface area (Å²) in [7, 11) is 0. The second kappa shape index (κ2) is 9.72. The molecule has 0 radical (unpaired) electrons. The summed E-state index contributed by atoms with van der Waals surface area (Å²) in [6.07, 6.45) is 15.6.